The number of hydrogen-bond donors (Lipinski definition) is 0. The predicted molar refractivity (Wildman–Crippen MR) is 89.0 cm³/mol. The van der Waals surface area contributed by atoms with E-state index in [2.05, 4.69) is 60.6 Å². The number of rotatable bonds is 2. The average molecular weight is 305 g/mol. The minimum Gasteiger partial charge on any atom is -0.282 e. The molecule has 2 rings (SSSR count). The van der Waals surface area contributed by atoms with Crippen LogP contribution in [0.25, 0.3) is 0 Å². The quantitative estimate of drug-likeness (QED) is 0.573. The summed E-state index contributed by atoms with van der Waals surface area (Å²) >= 11 is 0. The normalized spacial score (nSPS) is 32.6. The van der Waals surface area contributed by atoms with Crippen LogP contribution in [-0.4, -0.2) is 23.3 Å². The van der Waals surface area contributed by atoms with E-state index in [1.54, 1.807) is 0 Å². The topological polar surface area (TPSA) is 37.4 Å². The molecule has 2 aliphatic rings. The van der Waals surface area contributed by atoms with E-state index in [-0.39, 0.29) is 46.3 Å². The van der Waals surface area contributed by atoms with Gasteiger partial charge in [-0.1, -0.05) is 60.6 Å². The van der Waals surface area contributed by atoms with Crippen molar-refractivity contribution >= 4 is 11.8 Å². The Bertz CT molecular complexity index is 493. The number of carbonyl (C=O) groups excluding carboxylic acids is 2. The Hall–Kier alpha value is -1.12. The lowest BCUT2D eigenvalue weighted by molar-refractivity contribution is -0.141. The Labute approximate surface area is 135 Å². The number of hydrogen-bond acceptors (Lipinski definition) is 2. The van der Waals surface area contributed by atoms with E-state index < -0.39 is 0 Å². The van der Waals surface area contributed by atoms with Gasteiger partial charge in [0, 0.05) is 6.54 Å². The Balaban J connectivity index is 2.31. The summed E-state index contributed by atoms with van der Waals surface area (Å²) in [5, 5.41) is 0. The second kappa shape index (κ2) is 5.50. The van der Waals surface area contributed by atoms with Crippen LogP contribution < -0.4 is 0 Å². The summed E-state index contributed by atoms with van der Waals surface area (Å²) in [6.45, 7) is 15.4. The van der Waals surface area contributed by atoms with Crippen LogP contribution in [0, 0.1) is 34.5 Å². The lowest BCUT2D eigenvalue weighted by atomic mass is 9.68. The molecule has 0 radical (unpaired) electrons. The van der Waals surface area contributed by atoms with Gasteiger partial charge >= 0.3 is 0 Å². The molecule has 3 nitrogen and oxygen atoms in total. The van der Waals surface area contributed by atoms with Gasteiger partial charge in [0.05, 0.1) is 11.8 Å². The van der Waals surface area contributed by atoms with Gasteiger partial charge in [-0.3, -0.25) is 14.5 Å². The SMILES string of the molecule is CC1C=CC(CC(C)(C)C)C2C(=O)N(CC(C)(C)C)C(=O)C12. The number of allylic oxidation sites excluding steroid dienone is 2. The van der Waals surface area contributed by atoms with Crippen molar-refractivity contribution < 1.29 is 9.59 Å². The van der Waals surface area contributed by atoms with Crippen LogP contribution in [0.3, 0.4) is 0 Å². The van der Waals surface area contributed by atoms with Crippen LogP contribution in [0.5, 0.6) is 0 Å². The molecule has 0 aromatic rings. The summed E-state index contributed by atoms with van der Waals surface area (Å²) in [6, 6.07) is 0. The van der Waals surface area contributed by atoms with Gasteiger partial charge in [0.1, 0.15) is 0 Å². The molecule has 0 spiro atoms. The fourth-order valence-electron chi connectivity index (χ4n) is 3.87. The van der Waals surface area contributed by atoms with Gasteiger partial charge < -0.3 is 0 Å². The maximum atomic E-state index is 12.9. The molecular formula is C19H31NO2. The highest BCUT2D eigenvalue weighted by Gasteiger charge is 2.54. The first-order valence-corrected chi connectivity index (χ1v) is 8.44. The Kier molecular flexibility index (Phi) is 4.31. The predicted octanol–water partition coefficient (Wildman–Crippen LogP) is 3.89. The van der Waals surface area contributed by atoms with Gasteiger partial charge in [-0.25, -0.2) is 0 Å². The lowest BCUT2D eigenvalue weighted by Gasteiger charge is -2.34. The van der Waals surface area contributed by atoms with E-state index in [1.807, 2.05) is 0 Å². The second-order valence-corrected chi connectivity index (χ2v) is 9.55. The maximum Gasteiger partial charge on any atom is 0.233 e. The molecule has 1 aliphatic heterocycles. The third-order valence-electron chi connectivity index (χ3n) is 4.66. The summed E-state index contributed by atoms with van der Waals surface area (Å²) < 4.78 is 0. The summed E-state index contributed by atoms with van der Waals surface area (Å²) in [6.07, 6.45) is 5.27. The molecule has 0 aromatic carbocycles. The van der Waals surface area contributed by atoms with E-state index in [0.717, 1.165) is 6.42 Å². The zero-order valence-corrected chi connectivity index (χ0v) is 15.1. The van der Waals surface area contributed by atoms with Gasteiger partial charge in [-0.05, 0) is 29.1 Å². The van der Waals surface area contributed by atoms with Crippen molar-refractivity contribution in [2.24, 2.45) is 34.5 Å². The Morgan fingerprint density at radius 1 is 0.909 bits per heavy atom. The molecule has 1 saturated heterocycles. The summed E-state index contributed by atoms with van der Waals surface area (Å²) in [5.74, 6) is 0.114. The molecule has 0 aromatic heterocycles. The van der Waals surface area contributed by atoms with Crippen molar-refractivity contribution in [3.63, 3.8) is 0 Å². The van der Waals surface area contributed by atoms with E-state index in [9.17, 15) is 9.59 Å². The van der Waals surface area contributed by atoms with Crippen molar-refractivity contribution in [2.45, 2.75) is 54.9 Å². The van der Waals surface area contributed by atoms with Gasteiger partial charge in [-0.15, -0.1) is 0 Å². The minimum absolute atomic E-state index is 0.0423. The highest BCUT2D eigenvalue weighted by Crippen LogP contribution is 2.45. The lowest BCUT2D eigenvalue weighted by Crippen LogP contribution is -2.38. The van der Waals surface area contributed by atoms with Crippen molar-refractivity contribution in [2.75, 3.05) is 6.54 Å². The molecule has 3 heteroatoms. The van der Waals surface area contributed by atoms with Gasteiger partial charge in [0.15, 0.2) is 0 Å². The van der Waals surface area contributed by atoms with Crippen LogP contribution >= 0.6 is 0 Å². The van der Waals surface area contributed by atoms with Crippen LogP contribution in [0.4, 0.5) is 0 Å². The number of likely N-dealkylation sites (tertiary alicyclic amines) is 1. The molecule has 4 atom stereocenters. The third kappa shape index (κ3) is 3.44. The first-order chi connectivity index (χ1) is 9.91. The molecule has 4 unspecified atom stereocenters. The minimum atomic E-state index is -0.160. The van der Waals surface area contributed by atoms with Crippen LogP contribution in [0.1, 0.15) is 54.9 Å². The average Bonchev–Trinajstić information content (AvgIpc) is 2.55. The highest BCUT2D eigenvalue weighted by atomic mass is 16.2. The van der Waals surface area contributed by atoms with Gasteiger partial charge in [0.25, 0.3) is 0 Å². The number of fused-ring (bicyclic) bond motifs is 1. The Morgan fingerprint density at radius 2 is 1.45 bits per heavy atom. The van der Waals surface area contributed by atoms with Crippen LogP contribution in [0.2, 0.25) is 0 Å². The van der Waals surface area contributed by atoms with Crippen LogP contribution in [0.15, 0.2) is 12.2 Å². The van der Waals surface area contributed by atoms with Crippen molar-refractivity contribution in [1.29, 1.82) is 0 Å². The third-order valence-corrected chi connectivity index (χ3v) is 4.66. The van der Waals surface area contributed by atoms with Crippen molar-refractivity contribution in [1.82, 2.24) is 4.90 Å². The number of amides is 2. The van der Waals surface area contributed by atoms with Crippen molar-refractivity contribution in [3.05, 3.63) is 12.2 Å². The fourth-order valence-corrected chi connectivity index (χ4v) is 3.87. The summed E-state index contributed by atoms with van der Waals surface area (Å²) in [5.41, 5.74) is 0.0932. The van der Waals surface area contributed by atoms with E-state index in [4.69, 9.17) is 0 Å². The maximum absolute atomic E-state index is 12.9. The largest absolute Gasteiger partial charge is 0.282 e. The summed E-state index contributed by atoms with van der Waals surface area (Å²) in [7, 11) is 0. The van der Waals surface area contributed by atoms with Gasteiger partial charge in [-0.2, -0.15) is 0 Å². The number of carbonyl (C=O) groups is 2. The first-order valence-electron chi connectivity index (χ1n) is 8.44. The molecular weight excluding hydrogens is 274 g/mol. The standard InChI is InChI=1S/C19H31NO2/c1-12-8-9-13(10-18(2,3)4)15-14(12)16(21)20(17(15)22)11-19(5,6)7/h8-9,12-15H,10-11H2,1-7H3. The molecule has 1 fully saturated rings. The smallest absolute Gasteiger partial charge is 0.233 e. The zero-order chi connectivity index (χ0) is 16.9. The van der Waals surface area contributed by atoms with Crippen molar-refractivity contribution in [3.8, 4) is 0 Å². The molecule has 0 saturated carbocycles. The first kappa shape index (κ1) is 17.2. The fraction of sp³-hybridized carbons (Fsp3) is 0.789. The number of nitrogens with zero attached hydrogens (tertiary/aromatic N) is 1. The van der Waals surface area contributed by atoms with Crippen LogP contribution in [-0.2, 0) is 9.59 Å². The monoisotopic (exact) mass is 305 g/mol. The second-order valence-electron chi connectivity index (χ2n) is 9.55. The molecule has 0 bridgehead atoms. The molecule has 124 valence electrons. The molecule has 1 heterocycles. The molecule has 1 aliphatic carbocycles. The highest BCUT2D eigenvalue weighted by molar-refractivity contribution is 6.05. The van der Waals surface area contributed by atoms with E-state index in [0.29, 0.717) is 6.54 Å². The summed E-state index contributed by atoms with van der Waals surface area (Å²) in [4.78, 5) is 27.3. The van der Waals surface area contributed by atoms with E-state index in [1.165, 1.54) is 4.90 Å². The Morgan fingerprint density at radius 3 is 1.95 bits per heavy atom. The molecule has 2 amide bonds. The molecule has 0 N–H and O–H groups in total. The van der Waals surface area contributed by atoms with E-state index >= 15 is 0 Å². The molecule has 22 heavy (non-hydrogen) atoms. The zero-order valence-electron chi connectivity index (χ0n) is 15.1. The van der Waals surface area contributed by atoms with Gasteiger partial charge in [0.2, 0.25) is 11.8 Å². The number of imide groups is 1.